The molecular formula is C45H49ClIN9O10S3. The van der Waals surface area contributed by atoms with Crippen LogP contribution < -0.4 is 49.2 Å². The number of β-lactam (4-membered cyclic amide) rings is 1. The number of thiazole rings is 1. The van der Waals surface area contributed by atoms with Gasteiger partial charge in [0.15, 0.2) is 23.6 Å². The predicted octanol–water partition coefficient (Wildman–Crippen LogP) is 3.81. The lowest BCUT2D eigenvalue weighted by Gasteiger charge is -2.49. The van der Waals surface area contributed by atoms with E-state index >= 15 is 0 Å². The van der Waals surface area contributed by atoms with E-state index in [0.29, 0.717) is 34.7 Å². The van der Waals surface area contributed by atoms with Gasteiger partial charge >= 0.3 is 18.2 Å². The van der Waals surface area contributed by atoms with Crippen LogP contribution in [0.4, 0.5) is 14.7 Å². The maximum absolute atomic E-state index is 14.2. The topological polar surface area (TPSA) is 229 Å². The molecule has 4 aromatic heterocycles. The molecule has 2 aliphatic heterocycles. The number of thioether (sulfide) groups is 1. The molecule has 7 rings (SSSR count). The second-order valence-electron chi connectivity index (χ2n) is 17.3. The number of hydrogen-bond donors (Lipinski definition) is 4. The van der Waals surface area contributed by atoms with E-state index in [1.807, 2.05) is 41.2 Å². The molecule has 24 heteroatoms. The number of alkyl carbamates (subject to hydrolysis) is 1. The van der Waals surface area contributed by atoms with Crippen molar-refractivity contribution in [3.05, 3.63) is 104 Å². The summed E-state index contributed by atoms with van der Waals surface area (Å²) in [6, 6.07) is 13.6. The van der Waals surface area contributed by atoms with Gasteiger partial charge in [-0.3, -0.25) is 30.5 Å². The normalized spacial score (nSPS) is 15.9. The van der Waals surface area contributed by atoms with E-state index in [4.69, 9.17) is 40.8 Å². The largest absolute Gasteiger partial charge is 1.00 e. The van der Waals surface area contributed by atoms with E-state index < -0.39 is 52.6 Å². The molecule has 0 unspecified atom stereocenters. The van der Waals surface area contributed by atoms with Crippen LogP contribution in [-0.4, -0.2) is 98.6 Å². The Labute approximate surface area is 431 Å². The summed E-state index contributed by atoms with van der Waals surface area (Å²) in [7, 11) is 2.78. The molecule has 0 saturated carbocycles. The number of halogens is 2. The Kier molecular flexibility index (Phi) is 16.7. The van der Waals surface area contributed by atoms with Crippen LogP contribution in [0.3, 0.4) is 0 Å². The highest BCUT2D eigenvalue weighted by Crippen LogP contribution is 2.41. The lowest BCUT2D eigenvalue weighted by atomic mass is 10.0. The average Bonchev–Trinajstić information content (AvgIpc) is 4.01. The zero-order valence-electron chi connectivity index (χ0n) is 38.6. The molecule has 4 amide bonds. The number of benzene rings is 1. The molecule has 0 radical (unpaired) electrons. The van der Waals surface area contributed by atoms with Gasteiger partial charge in [0.1, 0.15) is 69.2 Å². The monoisotopic (exact) mass is 1130 g/mol. The molecule has 4 N–H and O–H groups in total. The highest BCUT2D eigenvalue weighted by molar-refractivity contribution is 8.00. The first kappa shape index (κ1) is 52.6. The third-order valence-corrected chi connectivity index (χ3v) is 13.4. The second kappa shape index (κ2) is 21.9. The number of esters is 1. The van der Waals surface area contributed by atoms with Gasteiger partial charge in [-0.1, -0.05) is 40.2 Å². The van der Waals surface area contributed by atoms with Crippen LogP contribution in [0.5, 0.6) is 5.75 Å². The standard InChI is InChI=1S/C45H48ClN9O10S3.HI/c1-44(2,3)64-42(59)50-36(47)25-18-28(66-22-25)20-54-17-15-30-29(54)10-9-16-53(30)19-26-23-67-39-33(38(57)55(39)34(26)40(58)63-21-24-11-13-27(61-7)14-12-24)48-37(56)32(52-62-8)31-35(46)68-41(49-31)51-43(60)65-45(4,5)6;/h9-18,22,33,39H,19-21,23H2,1-8H3,(H3-,47,48,49,50,51,56,59,60);1H/b52-32-;/t33-,39-;/m1./s1. The minimum atomic E-state index is -1.09. The fraction of sp³-hybridized carbons (Fsp3) is 0.356. The number of hydrogen-bond acceptors (Lipinski definition) is 16. The first-order valence-electron chi connectivity index (χ1n) is 20.9. The number of fused-ring (bicyclic) bond motifs is 2. The number of carbonyl (C=O) groups is 5. The molecule has 2 aliphatic rings. The van der Waals surface area contributed by atoms with E-state index in [9.17, 15) is 24.0 Å². The number of oxime groups is 1. The fourth-order valence-electron chi connectivity index (χ4n) is 7.05. The van der Waals surface area contributed by atoms with E-state index in [1.54, 1.807) is 78.3 Å². The minimum Gasteiger partial charge on any atom is -1.00 e. The molecule has 0 aliphatic carbocycles. The molecule has 0 bridgehead atoms. The van der Waals surface area contributed by atoms with Gasteiger partial charge in [-0.25, -0.2) is 19.4 Å². The third kappa shape index (κ3) is 12.7. The fourth-order valence-corrected chi connectivity index (χ4v) is 10.3. The van der Waals surface area contributed by atoms with E-state index in [1.165, 1.54) is 35.1 Å². The smallest absolute Gasteiger partial charge is 0.413 e. The number of ether oxygens (including phenoxy) is 4. The van der Waals surface area contributed by atoms with Crippen molar-refractivity contribution < 1.29 is 76.3 Å². The lowest BCUT2D eigenvalue weighted by Crippen LogP contribution is -3.00. The SMILES string of the molecule is CO/N=C(\C(=O)N[C@@H]1C(=O)N2C(C(=O)OCc3ccc(OC)cc3)=C(C[n+]3cccc4c3ccn4Cc3cc(C(=N)NC(=O)OC(C)(C)C)cs3)CS[C@H]12)c1nc(NC(=O)OC(C)(C)C)sc1Cl.[I-]. The van der Waals surface area contributed by atoms with Crippen LogP contribution in [0.2, 0.25) is 4.34 Å². The number of carbonyl (C=O) groups excluding carboxylic acids is 5. The number of amidine groups is 1. The Morgan fingerprint density at radius 2 is 1.72 bits per heavy atom. The number of pyridine rings is 1. The summed E-state index contributed by atoms with van der Waals surface area (Å²) in [6.07, 6.45) is 2.35. The Bertz CT molecular complexity index is 2850. The molecular weight excluding hydrogens is 1090 g/mol. The van der Waals surface area contributed by atoms with Crippen molar-refractivity contribution in [1.29, 1.82) is 5.41 Å². The van der Waals surface area contributed by atoms with Crippen LogP contribution in [0.25, 0.3) is 11.0 Å². The van der Waals surface area contributed by atoms with Crippen LogP contribution in [0.15, 0.2) is 82.7 Å². The summed E-state index contributed by atoms with van der Waals surface area (Å²) in [5, 5.41) is 21.1. The number of methoxy groups -OCH3 is 1. The quantitative estimate of drug-likeness (QED) is 0.0182. The number of thiophene rings is 1. The van der Waals surface area contributed by atoms with Gasteiger partial charge in [-0.15, -0.1) is 23.1 Å². The molecule has 366 valence electrons. The van der Waals surface area contributed by atoms with E-state index in [0.717, 1.165) is 27.2 Å². The predicted molar refractivity (Wildman–Crippen MR) is 257 cm³/mol. The van der Waals surface area contributed by atoms with Gasteiger partial charge in [0.2, 0.25) is 5.52 Å². The van der Waals surface area contributed by atoms with Crippen molar-refractivity contribution in [2.45, 2.75) is 83.9 Å². The van der Waals surface area contributed by atoms with Gasteiger partial charge in [0.25, 0.3) is 11.8 Å². The summed E-state index contributed by atoms with van der Waals surface area (Å²) < 4.78 is 25.8. The molecule has 2 atom stereocenters. The number of rotatable bonds is 14. The van der Waals surface area contributed by atoms with Crippen molar-refractivity contribution in [1.82, 2.24) is 25.1 Å². The number of nitrogens with one attached hydrogen (secondary N) is 4. The van der Waals surface area contributed by atoms with Gasteiger partial charge in [-0.2, -0.15) is 4.57 Å². The Hall–Kier alpha value is -5.76. The molecule has 0 spiro atoms. The molecule has 6 heterocycles. The van der Waals surface area contributed by atoms with Crippen molar-refractivity contribution in [2.75, 3.05) is 25.3 Å². The van der Waals surface area contributed by atoms with E-state index in [-0.39, 0.29) is 69.5 Å². The first-order valence-corrected chi connectivity index (χ1v) is 24.0. The minimum absolute atomic E-state index is 0. The van der Waals surface area contributed by atoms with Crippen molar-refractivity contribution in [2.24, 2.45) is 5.16 Å². The lowest BCUT2D eigenvalue weighted by molar-refractivity contribution is -0.663. The number of nitrogens with zero attached hydrogens (tertiary/aromatic N) is 5. The molecule has 69 heavy (non-hydrogen) atoms. The number of anilines is 1. The van der Waals surface area contributed by atoms with Gasteiger partial charge in [0.05, 0.1) is 13.7 Å². The summed E-state index contributed by atoms with van der Waals surface area (Å²) in [5.41, 5.74) is 1.75. The Morgan fingerprint density at radius 3 is 2.41 bits per heavy atom. The molecule has 1 saturated heterocycles. The highest BCUT2D eigenvalue weighted by atomic mass is 127. The Morgan fingerprint density at radius 1 is 1.01 bits per heavy atom. The molecule has 1 aromatic carbocycles. The van der Waals surface area contributed by atoms with Gasteiger partial charge in [-0.05, 0) is 71.4 Å². The summed E-state index contributed by atoms with van der Waals surface area (Å²) >= 11 is 10.2. The van der Waals surface area contributed by atoms with Crippen molar-refractivity contribution in [3.8, 4) is 5.75 Å². The highest BCUT2D eigenvalue weighted by Gasteiger charge is 2.55. The number of aromatic nitrogens is 3. The summed E-state index contributed by atoms with van der Waals surface area (Å²) in [5.74, 6) is -1.24. The van der Waals surface area contributed by atoms with Crippen LogP contribution >= 0.6 is 46.0 Å². The number of amides is 4. The van der Waals surface area contributed by atoms with Gasteiger partial charge in [0, 0.05) is 45.5 Å². The summed E-state index contributed by atoms with van der Waals surface area (Å²) in [4.78, 5) is 78.5. The molecule has 1 fully saturated rings. The maximum atomic E-state index is 14.2. The zero-order chi connectivity index (χ0) is 49.1. The summed E-state index contributed by atoms with van der Waals surface area (Å²) in [6.45, 7) is 11.0. The van der Waals surface area contributed by atoms with Gasteiger partial charge < -0.3 is 57.6 Å². The van der Waals surface area contributed by atoms with E-state index in [2.05, 4.69) is 30.7 Å². The van der Waals surface area contributed by atoms with Crippen molar-refractivity contribution >= 4 is 104 Å². The second-order valence-corrected chi connectivity index (χ2v) is 21.0. The maximum Gasteiger partial charge on any atom is 0.413 e. The Balaban J connectivity index is 0.00000782. The molecule has 19 nitrogen and oxygen atoms in total. The van der Waals surface area contributed by atoms with Crippen LogP contribution in [-0.2, 0) is 53.1 Å². The average molecular weight is 1130 g/mol. The first-order chi connectivity index (χ1) is 32.2. The zero-order valence-corrected chi connectivity index (χ0v) is 44.0. The molecule has 5 aromatic rings. The van der Waals surface area contributed by atoms with Crippen molar-refractivity contribution in [3.63, 3.8) is 0 Å². The van der Waals surface area contributed by atoms with Crippen LogP contribution in [0, 0.1) is 5.41 Å². The van der Waals surface area contributed by atoms with Crippen LogP contribution in [0.1, 0.15) is 63.2 Å². The third-order valence-electron chi connectivity index (χ3n) is 9.94.